The highest BCUT2D eigenvalue weighted by molar-refractivity contribution is 5.79. The first kappa shape index (κ1) is 10.6. The van der Waals surface area contributed by atoms with Gasteiger partial charge in [0.15, 0.2) is 0 Å². The molecule has 5 heteroatoms. The fourth-order valence-corrected chi connectivity index (χ4v) is 1.72. The van der Waals surface area contributed by atoms with E-state index in [4.69, 9.17) is 0 Å². The van der Waals surface area contributed by atoms with E-state index in [-0.39, 0.29) is 5.69 Å². The van der Waals surface area contributed by atoms with Gasteiger partial charge >= 0.3 is 0 Å². The number of hydrogen-bond donors (Lipinski definition) is 0. The predicted octanol–water partition coefficient (Wildman–Crippen LogP) is 2.01. The largest absolute Gasteiger partial charge is 0.366 e. The Balaban J connectivity index is 2.42. The van der Waals surface area contributed by atoms with E-state index in [1.165, 1.54) is 6.07 Å². The quantitative estimate of drug-likeness (QED) is 0.442. The Kier molecular flexibility index (Phi) is 2.60. The monoisotopic (exact) mass is 220 g/mol. The summed E-state index contributed by atoms with van der Waals surface area (Å²) in [5.74, 6) is 0. The maximum Gasteiger partial charge on any atom is 0.293 e. The zero-order valence-corrected chi connectivity index (χ0v) is 8.92. The first-order chi connectivity index (χ1) is 7.63. The molecule has 1 aromatic rings. The Hall–Kier alpha value is -1.91. The maximum atomic E-state index is 10.9. The average molecular weight is 220 g/mol. The second-order valence-electron chi connectivity index (χ2n) is 3.97. The van der Waals surface area contributed by atoms with Crippen molar-refractivity contribution in [3.63, 3.8) is 0 Å². The number of nitrogens with zero attached hydrogens (tertiary/aromatic N) is 2. The maximum absolute atomic E-state index is 10.9. The molecule has 1 aromatic carbocycles. The topological polar surface area (TPSA) is 63.5 Å². The van der Waals surface area contributed by atoms with Crippen molar-refractivity contribution in [2.24, 2.45) is 0 Å². The summed E-state index contributed by atoms with van der Waals surface area (Å²) in [4.78, 5) is 22.9. The summed E-state index contributed by atoms with van der Waals surface area (Å²) in [5.41, 5.74) is 0.914. The molecule has 84 valence electrons. The van der Waals surface area contributed by atoms with Gasteiger partial charge in [0.25, 0.3) is 5.69 Å². The van der Waals surface area contributed by atoms with Crippen LogP contribution in [0.5, 0.6) is 0 Å². The minimum atomic E-state index is -0.443. The molecule has 0 aliphatic heterocycles. The second-order valence-corrected chi connectivity index (χ2v) is 3.97. The summed E-state index contributed by atoms with van der Waals surface area (Å²) in [6, 6.07) is 4.97. The molecular weight excluding hydrogens is 208 g/mol. The molecule has 0 aromatic heterocycles. The average Bonchev–Trinajstić information content (AvgIpc) is 3.11. The zero-order chi connectivity index (χ0) is 11.7. The molecule has 0 amide bonds. The number of aldehydes is 1. The lowest BCUT2D eigenvalue weighted by atomic mass is 10.1. The van der Waals surface area contributed by atoms with Crippen molar-refractivity contribution in [3.8, 4) is 0 Å². The van der Waals surface area contributed by atoms with Crippen molar-refractivity contribution in [1.29, 1.82) is 0 Å². The number of hydrogen-bond acceptors (Lipinski definition) is 4. The van der Waals surface area contributed by atoms with Crippen LogP contribution >= 0.6 is 0 Å². The van der Waals surface area contributed by atoms with Gasteiger partial charge in [0.2, 0.25) is 0 Å². The van der Waals surface area contributed by atoms with Gasteiger partial charge in [-0.3, -0.25) is 14.9 Å². The highest BCUT2D eigenvalue weighted by Gasteiger charge is 2.30. The van der Waals surface area contributed by atoms with Gasteiger partial charge in [-0.25, -0.2) is 0 Å². The Bertz CT molecular complexity index is 441. The number of nitro benzene ring substituents is 1. The minimum absolute atomic E-state index is 0.000926. The Morgan fingerprint density at radius 3 is 2.69 bits per heavy atom. The Morgan fingerprint density at radius 2 is 2.19 bits per heavy atom. The van der Waals surface area contributed by atoms with Crippen molar-refractivity contribution in [3.05, 3.63) is 33.9 Å². The Labute approximate surface area is 92.8 Å². The van der Waals surface area contributed by atoms with E-state index in [0.717, 1.165) is 12.8 Å². The lowest BCUT2D eigenvalue weighted by Crippen LogP contribution is -2.20. The first-order valence-electron chi connectivity index (χ1n) is 5.10. The van der Waals surface area contributed by atoms with Crippen molar-refractivity contribution >= 4 is 17.7 Å². The van der Waals surface area contributed by atoms with Gasteiger partial charge in [-0.15, -0.1) is 0 Å². The highest BCUT2D eigenvalue weighted by atomic mass is 16.6. The molecule has 16 heavy (non-hydrogen) atoms. The molecule has 0 saturated heterocycles. The molecular formula is C11H12N2O3. The van der Waals surface area contributed by atoms with Crippen LogP contribution in [0.15, 0.2) is 18.2 Å². The summed E-state index contributed by atoms with van der Waals surface area (Å²) in [6.45, 7) is 0. The van der Waals surface area contributed by atoms with Gasteiger partial charge in [0, 0.05) is 24.7 Å². The van der Waals surface area contributed by atoms with Crippen LogP contribution in [0.4, 0.5) is 11.4 Å². The molecule has 0 unspecified atom stereocenters. The van der Waals surface area contributed by atoms with Gasteiger partial charge in [-0.05, 0) is 25.0 Å². The van der Waals surface area contributed by atoms with Crippen LogP contribution in [-0.2, 0) is 0 Å². The van der Waals surface area contributed by atoms with Gasteiger partial charge < -0.3 is 4.90 Å². The molecule has 1 aliphatic rings. The number of anilines is 1. The van der Waals surface area contributed by atoms with Gasteiger partial charge in [0.05, 0.1) is 4.92 Å². The van der Waals surface area contributed by atoms with Gasteiger partial charge in [-0.1, -0.05) is 0 Å². The molecule has 2 rings (SSSR count). The van der Waals surface area contributed by atoms with Crippen molar-refractivity contribution < 1.29 is 9.72 Å². The van der Waals surface area contributed by atoms with E-state index in [1.807, 2.05) is 11.9 Å². The third-order valence-corrected chi connectivity index (χ3v) is 2.81. The van der Waals surface area contributed by atoms with E-state index in [2.05, 4.69) is 0 Å². The summed E-state index contributed by atoms with van der Waals surface area (Å²) >= 11 is 0. The van der Waals surface area contributed by atoms with E-state index >= 15 is 0 Å². The third-order valence-electron chi connectivity index (χ3n) is 2.81. The van der Waals surface area contributed by atoms with Crippen LogP contribution in [0.1, 0.15) is 23.2 Å². The van der Waals surface area contributed by atoms with Crippen LogP contribution in [-0.4, -0.2) is 24.3 Å². The highest BCUT2D eigenvalue weighted by Crippen LogP contribution is 2.35. The van der Waals surface area contributed by atoms with E-state index in [1.54, 1.807) is 12.1 Å². The first-order valence-corrected chi connectivity index (χ1v) is 5.10. The fraction of sp³-hybridized carbons (Fsp3) is 0.364. The number of carbonyl (C=O) groups excluding carboxylic acids is 1. The van der Waals surface area contributed by atoms with Crippen LogP contribution in [0.3, 0.4) is 0 Å². The molecule has 0 bridgehead atoms. The van der Waals surface area contributed by atoms with E-state index < -0.39 is 4.92 Å². The smallest absolute Gasteiger partial charge is 0.293 e. The molecule has 1 fully saturated rings. The molecule has 0 spiro atoms. The molecule has 5 nitrogen and oxygen atoms in total. The number of nitro groups is 1. The van der Waals surface area contributed by atoms with Crippen LogP contribution in [0, 0.1) is 10.1 Å². The standard InChI is InChI=1S/C11H12N2O3/c1-12(9-3-4-9)10-5-2-8(7-14)6-11(10)13(15)16/h2,5-7,9H,3-4H2,1H3. The van der Waals surface area contributed by atoms with Crippen LogP contribution in [0.2, 0.25) is 0 Å². The fourth-order valence-electron chi connectivity index (χ4n) is 1.72. The molecule has 0 heterocycles. The van der Waals surface area contributed by atoms with Crippen LogP contribution < -0.4 is 4.90 Å². The third kappa shape index (κ3) is 1.88. The number of benzene rings is 1. The van der Waals surface area contributed by atoms with Gasteiger partial charge in [-0.2, -0.15) is 0 Å². The van der Waals surface area contributed by atoms with Crippen LogP contribution in [0.25, 0.3) is 0 Å². The van der Waals surface area contributed by atoms with Crippen molar-refractivity contribution in [2.45, 2.75) is 18.9 Å². The Morgan fingerprint density at radius 1 is 1.50 bits per heavy atom. The minimum Gasteiger partial charge on any atom is -0.366 e. The second kappa shape index (κ2) is 3.92. The van der Waals surface area contributed by atoms with Gasteiger partial charge in [0.1, 0.15) is 12.0 Å². The SMILES string of the molecule is CN(c1ccc(C=O)cc1[N+](=O)[O-])C1CC1. The lowest BCUT2D eigenvalue weighted by Gasteiger charge is -2.18. The lowest BCUT2D eigenvalue weighted by molar-refractivity contribution is -0.384. The molecule has 1 saturated carbocycles. The van der Waals surface area contributed by atoms with Crippen molar-refractivity contribution in [1.82, 2.24) is 0 Å². The number of rotatable bonds is 4. The molecule has 0 N–H and O–H groups in total. The summed E-state index contributed by atoms with van der Waals surface area (Å²) in [6.07, 6.45) is 2.76. The predicted molar refractivity (Wildman–Crippen MR) is 59.9 cm³/mol. The molecule has 0 atom stereocenters. The summed E-state index contributed by atoms with van der Waals surface area (Å²) in [7, 11) is 1.85. The number of carbonyl (C=O) groups is 1. The normalized spacial score (nSPS) is 14.6. The van der Waals surface area contributed by atoms with E-state index in [0.29, 0.717) is 23.6 Å². The molecule has 0 radical (unpaired) electrons. The van der Waals surface area contributed by atoms with E-state index in [9.17, 15) is 14.9 Å². The summed E-state index contributed by atoms with van der Waals surface area (Å²) in [5, 5.41) is 10.9. The van der Waals surface area contributed by atoms with Crippen molar-refractivity contribution in [2.75, 3.05) is 11.9 Å². The zero-order valence-electron chi connectivity index (χ0n) is 8.92. The summed E-state index contributed by atoms with van der Waals surface area (Å²) < 4.78 is 0. The molecule has 1 aliphatic carbocycles.